The van der Waals surface area contributed by atoms with E-state index in [1.54, 1.807) is 0 Å². The van der Waals surface area contributed by atoms with Crippen LogP contribution in [0.1, 0.15) is 0 Å². The second-order valence-corrected chi connectivity index (χ2v) is 7.08. The van der Waals surface area contributed by atoms with Crippen LogP contribution in [0.15, 0.2) is 70.3 Å². The topological polar surface area (TPSA) is 86.7 Å². The highest BCUT2D eigenvalue weighted by molar-refractivity contribution is 7.99. The van der Waals surface area contributed by atoms with Gasteiger partial charge in [0, 0.05) is 22.3 Å². The molecule has 1 heterocycles. The minimum absolute atomic E-state index is 0.291. The van der Waals surface area contributed by atoms with Crippen molar-refractivity contribution >= 4 is 11.8 Å². The molecule has 0 fully saturated rings. The molecule has 0 atom stereocenters. The highest BCUT2D eigenvalue weighted by Gasteiger charge is 2.29. The lowest BCUT2D eigenvalue weighted by molar-refractivity contribution is 0.0236. The molecule has 0 aliphatic heterocycles. The van der Waals surface area contributed by atoms with E-state index in [0.717, 1.165) is 16.8 Å². The quantitative estimate of drug-likeness (QED) is 0.528. The van der Waals surface area contributed by atoms with E-state index >= 15 is 0 Å². The number of aliphatic hydroxyl groups is 3. The van der Waals surface area contributed by atoms with Gasteiger partial charge in [-0.3, -0.25) is 0 Å². The zero-order chi connectivity index (χ0) is 18.4. The summed E-state index contributed by atoms with van der Waals surface area (Å²) in [6, 6.07) is 19.5. The summed E-state index contributed by atoms with van der Waals surface area (Å²) in [5.74, 6) is 0.960. The number of hydrogen-bond acceptors (Lipinski definition) is 6. The zero-order valence-corrected chi connectivity index (χ0v) is 15.0. The molecule has 0 aliphatic rings. The average Bonchev–Trinajstić information content (AvgIpc) is 3.15. The number of nitrogens with zero attached hydrogens (tertiary/aromatic N) is 1. The highest BCUT2D eigenvalue weighted by atomic mass is 32.2. The van der Waals surface area contributed by atoms with Crippen molar-refractivity contribution in [1.29, 1.82) is 0 Å². The molecule has 0 spiro atoms. The summed E-state index contributed by atoms with van der Waals surface area (Å²) in [5, 5.41) is 28.9. The second-order valence-electron chi connectivity index (χ2n) is 6.15. The van der Waals surface area contributed by atoms with Crippen molar-refractivity contribution in [3.8, 4) is 22.6 Å². The standard InChI is InChI=1S/C20H21NO4S/c22-11-20(12-23,13-24)14-26-19-21-17(15-7-3-1-4-8-15)18(25-19)16-9-5-2-6-10-16/h1-10,22-24H,11-14H2. The third-order valence-electron chi connectivity index (χ3n) is 4.20. The van der Waals surface area contributed by atoms with Gasteiger partial charge in [-0.15, -0.1) is 0 Å². The summed E-state index contributed by atoms with van der Waals surface area (Å²) in [6.07, 6.45) is 0. The zero-order valence-electron chi connectivity index (χ0n) is 14.2. The number of thioether (sulfide) groups is 1. The monoisotopic (exact) mass is 371 g/mol. The maximum Gasteiger partial charge on any atom is 0.256 e. The maximum absolute atomic E-state index is 9.49. The van der Waals surface area contributed by atoms with Gasteiger partial charge in [-0.25, -0.2) is 4.98 Å². The van der Waals surface area contributed by atoms with Crippen molar-refractivity contribution in [1.82, 2.24) is 4.98 Å². The molecule has 0 saturated heterocycles. The Morgan fingerprint density at radius 3 is 1.88 bits per heavy atom. The van der Waals surface area contributed by atoms with E-state index < -0.39 is 5.41 Å². The van der Waals surface area contributed by atoms with Crippen molar-refractivity contribution in [3.05, 3.63) is 60.7 Å². The molecule has 0 saturated carbocycles. The molecule has 1 aromatic heterocycles. The van der Waals surface area contributed by atoms with Gasteiger partial charge in [0.05, 0.1) is 19.8 Å². The second kappa shape index (κ2) is 8.51. The van der Waals surface area contributed by atoms with Gasteiger partial charge in [0.15, 0.2) is 5.76 Å². The first-order chi connectivity index (χ1) is 12.7. The molecule has 0 amide bonds. The van der Waals surface area contributed by atoms with E-state index in [1.165, 1.54) is 11.8 Å². The summed E-state index contributed by atoms with van der Waals surface area (Å²) in [6.45, 7) is -0.944. The lowest BCUT2D eigenvalue weighted by Gasteiger charge is -2.25. The van der Waals surface area contributed by atoms with Gasteiger partial charge in [-0.05, 0) is 0 Å². The Hall–Kier alpha value is -2.12. The fourth-order valence-corrected chi connectivity index (χ4v) is 3.44. The van der Waals surface area contributed by atoms with Crippen LogP contribution in [0.4, 0.5) is 0 Å². The Bertz CT molecular complexity index is 751. The predicted octanol–water partition coefficient (Wildman–Crippen LogP) is 3.06. The summed E-state index contributed by atoms with van der Waals surface area (Å²) in [4.78, 5) is 4.61. The largest absolute Gasteiger partial charge is 0.431 e. The minimum atomic E-state index is -0.973. The lowest BCUT2D eigenvalue weighted by atomic mass is 9.94. The fourth-order valence-electron chi connectivity index (χ4n) is 2.44. The number of aliphatic hydroxyl groups excluding tert-OH is 3. The molecule has 3 N–H and O–H groups in total. The molecule has 0 aliphatic carbocycles. The highest BCUT2D eigenvalue weighted by Crippen LogP contribution is 2.37. The van der Waals surface area contributed by atoms with Crippen LogP contribution in [0, 0.1) is 5.41 Å². The Kier molecular flexibility index (Phi) is 6.11. The molecule has 6 heteroatoms. The predicted molar refractivity (Wildman–Crippen MR) is 102 cm³/mol. The number of benzene rings is 2. The van der Waals surface area contributed by atoms with E-state index in [0.29, 0.717) is 16.7 Å². The summed E-state index contributed by atoms with van der Waals surface area (Å²) >= 11 is 1.27. The van der Waals surface area contributed by atoms with E-state index in [1.807, 2.05) is 60.7 Å². The van der Waals surface area contributed by atoms with Crippen LogP contribution in [-0.2, 0) is 0 Å². The molecule has 5 nitrogen and oxygen atoms in total. The SMILES string of the molecule is OCC(CO)(CO)CSc1nc(-c2ccccc2)c(-c2ccccc2)o1. The van der Waals surface area contributed by atoms with Gasteiger partial charge in [0.2, 0.25) is 0 Å². The van der Waals surface area contributed by atoms with Crippen molar-refractivity contribution in [3.63, 3.8) is 0 Å². The Labute approximate surface area is 156 Å². The molecule has 2 aromatic carbocycles. The van der Waals surface area contributed by atoms with Gasteiger partial charge in [-0.1, -0.05) is 72.4 Å². The van der Waals surface area contributed by atoms with Gasteiger partial charge >= 0.3 is 0 Å². The summed E-state index contributed by atoms with van der Waals surface area (Å²) < 4.78 is 5.99. The van der Waals surface area contributed by atoms with Crippen LogP contribution in [0.25, 0.3) is 22.6 Å². The van der Waals surface area contributed by atoms with E-state index in [-0.39, 0.29) is 19.8 Å². The van der Waals surface area contributed by atoms with Crippen LogP contribution in [0.5, 0.6) is 0 Å². The van der Waals surface area contributed by atoms with Crippen LogP contribution in [0.3, 0.4) is 0 Å². The molecule has 136 valence electrons. The van der Waals surface area contributed by atoms with Crippen LogP contribution < -0.4 is 0 Å². The van der Waals surface area contributed by atoms with Crippen LogP contribution >= 0.6 is 11.8 Å². The first kappa shape index (κ1) is 18.7. The third kappa shape index (κ3) is 3.99. The van der Waals surface area contributed by atoms with E-state index in [4.69, 9.17) is 4.42 Å². The molecule has 0 unspecified atom stereocenters. The number of rotatable bonds is 8. The van der Waals surface area contributed by atoms with E-state index in [9.17, 15) is 15.3 Å². The molecular formula is C20H21NO4S. The van der Waals surface area contributed by atoms with E-state index in [2.05, 4.69) is 4.98 Å². The van der Waals surface area contributed by atoms with Crippen molar-refractivity contribution in [2.75, 3.05) is 25.6 Å². The summed E-state index contributed by atoms with van der Waals surface area (Å²) in [7, 11) is 0. The van der Waals surface area contributed by atoms with Crippen molar-refractivity contribution < 1.29 is 19.7 Å². The van der Waals surface area contributed by atoms with Crippen LogP contribution in [0.2, 0.25) is 0 Å². The first-order valence-electron chi connectivity index (χ1n) is 8.28. The van der Waals surface area contributed by atoms with Gasteiger partial charge in [-0.2, -0.15) is 0 Å². The maximum atomic E-state index is 9.49. The number of aromatic nitrogens is 1. The molecule has 3 aromatic rings. The van der Waals surface area contributed by atoms with Gasteiger partial charge < -0.3 is 19.7 Å². The number of oxazole rings is 1. The Balaban J connectivity index is 1.94. The lowest BCUT2D eigenvalue weighted by Crippen LogP contribution is -2.36. The molecule has 0 radical (unpaired) electrons. The van der Waals surface area contributed by atoms with Gasteiger partial charge in [0.25, 0.3) is 5.22 Å². The summed E-state index contributed by atoms with van der Waals surface area (Å²) in [5.41, 5.74) is 1.63. The normalized spacial score (nSPS) is 11.7. The van der Waals surface area contributed by atoms with Crippen molar-refractivity contribution in [2.24, 2.45) is 5.41 Å². The molecule has 26 heavy (non-hydrogen) atoms. The van der Waals surface area contributed by atoms with Crippen LogP contribution in [-0.4, -0.2) is 45.9 Å². The third-order valence-corrected chi connectivity index (χ3v) is 5.38. The molecular weight excluding hydrogens is 350 g/mol. The first-order valence-corrected chi connectivity index (χ1v) is 9.27. The average molecular weight is 371 g/mol. The Morgan fingerprint density at radius 1 is 0.808 bits per heavy atom. The molecule has 0 bridgehead atoms. The number of hydrogen-bond donors (Lipinski definition) is 3. The molecule has 3 rings (SSSR count). The minimum Gasteiger partial charge on any atom is -0.431 e. The smallest absolute Gasteiger partial charge is 0.256 e. The van der Waals surface area contributed by atoms with Gasteiger partial charge in [0.1, 0.15) is 5.69 Å². The van der Waals surface area contributed by atoms with Crippen molar-refractivity contribution in [2.45, 2.75) is 5.22 Å². The Morgan fingerprint density at radius 2 is 1.35 bits per heavy atom. The fraction of sp³-hybridized carbons (Fsp3) is 0.250.